The molecular formula is C24H31N3O4S. The van der Waals surface area contributed by atoms with Crippen LogP contribution in [0.2, 0.25) is 0 Å². The maximum atomic E-state index is 12.6. The number of rotatable bonds is 11. The predicted octanol–water partition coefficient (Wildman–Crippen LogP) is 2.72. The van der Waals surface area contributed by atoms with Crippen LogP contribution in [0.15, 0.2) is 41.8 Å². The summed E-state index contributed by atoms with van der Waals surface area (Å²) in [6, 6.07) is 11.6. The molecule has 0 saturated carbocycles. The summed E-state index contributed by atoms with van der Waals surface area (Å²) in [6.45, 7) is 6.10. The zero-order valence-electron chi connectivity index (χ0n) is 18.5. The SMILES string of the molecule is Cc1ccc(C(CN2CCOCC2)NC(=O)CCNC(=O)CCC(=O)c2cccs2)cc1. The van der Waals surface area contributed by atoms with Crippen molar-refractivity contribution in [1.29, 1.82) is 0 Å². The molecule has 1 saturated heterocycles. The molecule has 2 heterocycles. The quantitative estimate of drug-likeness (QED) is 0.507. The summed E-state index contributed by atoms with van der Waals surface area (Å²) in [7, 11) is 0. The van der Waals surface area contributed by atoms with Crippen LogP contribution >= 0.6 is 11.3 Å². The van der Waals surface area contributed by atoms with Crippen LogP contribution in [-0.2, 0) is 14.3 Å². The molecule has 1 fully saturated rings. The van der Waals surface area contributed by atoms with E-state index in [9.17, 15) is 14.4 Å². The Balaban J connectivity index is 1.43. The van der Waals surface area contributed by atoms with Gasteiger partial charge in [-0.3, -0.25) is 19.3 Å². The lowest BCUT2D eigenvalue weighted by atomic mass is 10.0. The molecule has 2 amide bonds. The average Bonchev–Trinajstić information content (AvgIpc) is 3.33. The van der Waals surface area contributed by atoms with Crippen LogP contribution in [0.1, 0.15) is 46.1 Å². The number of hydrogen-bond donors (Lipinski definition) is 2. The Hall–Kier alpha value is -2.55. The predicted molar refractivity (Wildman–Crippen MR) is 125 cm³/mol. The molecule has 7 nitrogen and oxygen atoms in total. The van der Waals surface area contributed by atoms with Crippen molar-refractivity contribution in [2.75, 3.05) is 39.4 Å². The van der Waals surface area contributed by atoms with Crippen LogP contribution in [0.25, 0.3) is 0 Å². The number of carbonyl (C=O) groups is 3. The van der Waals surface area contributed by atoms with Gasteiger partial charge in [0.1, 0.15) is 0 Å². The van der Waals surface area contributed by atoms with E-state index in [0.29, 0.717) is 18.1 Å². The molecular weight excluding hydrogens is 426 g/mol. The second-order valence-electron chi connectivity index (χ2n) is 7.94. The molecule has 0 spiro atoms. The van der Waals surface area contributed by atoms with Crippen molar-refractivity contribution in [2.24, 2.45) is 0 Å². The molecule has 0 aliphatic carbocycles. The summed E-state index contributed by atoms with van der Waals surface area (Å²) >= 11 is 1.38. The Morgan fingerprint density at radius 2 is 1.78 bits per heavy atom. The fourth-order valence-electron chi connectivity index (χ4n) is 3.53. The number of hydrogen-bond acceptors (Lipinski definition) is 6. The highest BCUT2D eigenvalue weighted by Crippen LogP contribution is 2.17. The lowest BCUT2D eigenvalue weighted by Gasteiger charge is -2.31. The molecule has 1 aliphatic heterocycles. The van der Waals surface area contributed by atoms with Crippen molar-refractivity contribution in [2.45, 2.75) is 32.2 Å². The number of ketones is 1. The van der Waals surface area contributed by atoms with Crippen molar-refractivity contribution in [1.82, 2.24) is 15.5 Å². The van der Waals surface area contributed by atoms with Gasteiger partial charge >= 0.3 is 0 Å². The van der Waals surface area contributed by atoms with Gasteiger partial charge in [-0.15, -0.1) is 11.3 Å². The second kappa shape index (κ2) is 12.5. The highest BCUT2D eigenvalue weighted by molar-refractivity contribution is 7.12. The van der Waals surface area contributed by atoms with Crippen molar-refractivity contribution in [3.63, 3.8) is 0 Å². The third-order valence-corrected chi connectivity index (χ3v) is 6.32. The summed E-state index contributed by atoms with van der Waals surface area (Å²) < 4.78 is 5.43. The second-order valence-corrected chi connectivity index (χ2v) is 8.89. The van der Waals surface area contributed by atoms with Crippen LogP contribution in [-0.4, -0.2) is 61.9 Å². The van der Waals surface area contributed by atoms with Crippen LogP contribution in [0.4, 0.5) is 0 Å². The zero-order valence-corrected chi connectivity index (χ0v) is 19.3. The van der Waals surface area contributed by atoms with E-state index in [4.69, 9.17) is 4.74 Å². The van der Waals surface area contributed by atoms with Crippen LogP contribution in [0.5, 0.6) is 0 Å². The highest BCUT2D eigenvalue weighted by atomic mass is 32.1. The van der Waals surface area contributed by atoms with Gasteiger partial charge in [-0.25, -0.2) is 0 Å². The average molecular weight is 458 g/mol. The number of Topliss-reactive ketones (excluding diaryl/α,β-unsaturated/α-hetero) is 1. The van der Waals surface area contributed by atoms with Gasteiger partial charge in [-0.2, -0.15) is 0 Å². The topological polar surface area (TPSA) is 87.7 Å². The number of carbonyl (C=O) groups excluding carboxylic acids is 3. The van der Waals surface area contributed by atoms with Gasteiger partial charge in [-0.1, -0.05) is 35.9 Å². The smallest absolute Gasteiger partial charge is 0.222 e. The maximum Gasteiger partial charge on any atom is 0.222 e. The van der Waals surface area contributed by atoms with E-state index < -0.39 is 0 Å². The van der Waals surface area contributed by atoms with Crippen molar-refractivity contribution in [3.05, 3.63) is 57.8 Å². The molecule has 1 aromatic carbocycles. The number of nitrogens with one attached hydrogen (secondary N) is 2. The summed E-state index contributed by atoms with van der Waals surface area (Å²) in [4.78, 5) is 39.6. The maximum absolute atomic E-state index is 12.6. The van der Waals surface area contributed by atoms with E-state index in [1.165, 1.54) is 16.9 Å². The Labute approximate surface area is 193 Å². The zero-order chi connectivity index (χ0) is 22.8. The van der Waals surface area contributed by atoms with Gasteiger partial charge in [0.05, 0.1) is 24.1 Å². The number of aryl methyl sites for hydroxylation is 1. The van der Waals surface area contributed by atoms with Crippen molar-refractivity contribution in [3.8, 4) is 0 Å². The van der Waals surface area contributed by atoms with E-state index in [1.807, 2.05) is 42.6 Å². The first-order valence-electron chi connectivity index (χ1n) is 11.0. The minimum absolute atomic E-state index is 0.0306. The lowest BCUT2D eigenvalue weighted by molar-refractivity contribution is -0.122. The first-order valence-corrected chi connectivity index (χ1v) is 11.9. The fraction of sp³-hybridized carbons (Fsp3) is 0.458. The summed E-state index contributed by atoms with van der Waals surface area (Å²) in [5, 5.41) is 7.70. The normalized spacial score (nSPS) is 15.2. The minimum Gasteiger partial charge on any atom is -0.379 e. The molecule has 32 heavy (non-hydrogen) atoms. The van der Waals surface area contributed by atoms with Crippen LogP contribution < -0.4 is 10.6 Å². The van der Waals surface area contributed by atoms with E-state index in [1.54, 1.807) is 6.07 Å². The molecule has 2 N–H and O–H groups in total. The Morgan fingerprint density at radius 3 is 2.47 bits per heavy atom. The Bertz CT molecular complexity index is 877. The number of ether oxygens (including phenoxy) is 1. The molecule has 1 aromatic heterocycles. The summed E-state index contributed by atoms with van der Waals surface area (Å²) in [5.41, 5.74) is 2.23. The number of morpholine rings is 1. The molecule has 172 valence electrons. The first kappa shape index (κ1) is 24.1. The van der Waals surface area contributed by atoms with E-state index in [2.05, 4.69) is 15.5 Å². The largest absolute Gasteiger partial charge is 0.379 e. The van der Waals surface area contributed by atoms with E-state index >= 15 is 0 Å². The lowest BCUT2D eigenvalue weighted by Crippen LogP contribution is -2.43. The number of nitrogens with zero attached hydrogens (tertiary/aromatic N) is 1. The number of amides is 2. The number of thiophene rings is 1. The standard InChI is InChI=1S/C24H31N3O4S/c1-18-4-6-19(7-5-18)20(17-27-12-14-31-15-13-27)26-24(30)10-11-25-23(29)9-8-21(28)22-3-2-16-32-22/h2-7,16,20H,8-15,17H2,1H3,(H,25,29)(H,26,30). The number of benzene rings is 1. The summed E-state index contributed by atoms with van der Waals surface area (Å²) in [6.07, 6.45) is 0.491. The highest BCUT2D eigenvalue weighted by Gasteiger charge is 2.20. The van der Waals surface area contributed by atoms with E-state index in [0.717, 1.165) is 25.2 Å². The molecule has 0 radical (unpaired) electrons. The molecule has 8 heteroatoms. The molecule has 1 unspecified atom stereocenters. The summed E-state index contributed by atoms with van der Waals surface area (Å²) in [5.74, 6) is -0.359. The fourth-order valence-corrected chi connectivity index (χ4v) is 4.23. The van der Waals surface area contributed by atoms with Gasteiger partial charge in [0.15, 0.2) is 5.78 Å². The van der Waals surface area contributed by atoms with Crippen molar-refractivity contribution < 1.29 is 19.1 Å². The van der Waals surface area contributed by atoms with Gasteiger partial charge in [0.25, 0.3) is 0 Å². The third kappa shape index (κ3) is 7.85. The van der Waals surface area contributed by atoms with E-state index in [-0.39, 0.29) is 49.4 Å². The molecule has 2 aromatic rings. The van der Waals surface area contributed by atoms with Gasteiger partial charge < -0.3 is 15.4 Å². The van der Waals surface area contributed by atoms with Crippen LogP contribution in [0, 0.1) is 6.92 Å². The van der Waals surface area contributed by atoms with Crippen molar-refractivity contribution >= 4 is 28.9 Å². The van der Waals surface area contributed by atoms with Crippen LogP contribution in [0.3, 0.4) is 0 Å². The molecule has 1 atom stereocenters. The monoisotopic (exact) mass is 457 g/mol. The van der Waals surface area contributed by atoms with Gasteiger partial charge in [0.2, 0.25) is 11.8 Å². The Morgan fingerprint density at radius 1 is 1.03 bits per heavy atom. The Kier molecular flexibility index (Phi) is 9.40. The minimum atomic E-state index is -0.217. The molecule has 0 bridgehead atoms. The van der Waals surface area contributed by atoms with Gasteiger partial charge in [0, 0.05) is 45.4 Å². The first-order chi connectivity index (χ1) is 15.5. The molecule has 3 rings (SSSR count). The van der Waals surface area contributed by atoms with Gasteiger partial charge in [-0.05, 0) is 23.9 Å². The third-order valence-electron chi connectivity index (χ3n) is 5.41. The molecule has 1 aliphatic rings.